The summed E-state index contributed by atoms with van der Waals surface area (Å²) in [5.74, 6) is 0.962. The van der Waals surface area contributed by atoms with Gasteiger partial charge in [-0.25, -0.2) is 0 Å². The first-order valence-corrected chi connectivity index (χ1v) is 17.8. The van der Waals surface area contributed by atoms with Gasteiger partial charge in [0.05, 0.1) is 30.2 Å². The van der Waals surface area contributed by atoms with Crippen LogP contribution >= 0.6 is 0 Å². The quantitative estimate of drug-likeness (QED) is 0.248. The Morgan fingerprint density at radius 2 is 1.76 bits per heavy atom. The molecule has 2 aromatic carbocycles. The molecule has 0 unspecified atom stereocenters. The van der Waals surface area contributed by atoms with Gasteiger partial charge in [-0.3, -0.25) is 24.5 Å². The van der Waals surface area contributed by atoms with Crippen LogP contribution in [0.1, 0.15) is 69.9 Å². The third kappa shape index (κ3) is 4.43. The number of nitrogens with one attached hydrogen (secondary N) is 1. The number of rotatable bonds is 6. The molecule has 1 atom stereocenters. The summed E-state index contributed by atoms with van der Waals surface area (Å²) in [7, 11) is 0. The monoisotopic (exact) mass is 674 g/mol. The molecule has 4 aromatic rings. The van der Waals surface area contributed by atoms with E-state index in [9.17, 15) is 14.7 Å². The van der Waals surface area contributed by atoms with Gasteiger partial charge in [-0.05, 0) is 76.1 Å². The van der Waals surface area contributed by atoms with Crippen LogP contribution in [-0.2, 0) is 15.0 Å². The van der Waals surface area contributed by atoms with Crippen LogP contribution in [0.15, 0.2) is 60.9 Å². The first kappa shape index (κ1) is 31.0. The van der Waals surface area contributed by atoms with Gasteiger partial charge in [-0.1, -0.05) is 24.3 Å². The minimum Gasteiger partial charge on any atom is -0.507 e. The fraction of sp³-hybridized carbons (Fsp3) is 0.447. The zero-order valence-electron chi connectivity index (χ0n) is 28.3. The standard InChI is InChI=1S/C38H42N8O4/c1-36(12-9-32(48)41-35(36)49)45-19-20-50-33-28(6-4-7-30(33)45)37-13-15-38(37,16-14-37)44-17-10-25(11-18-44)46-23-24(22-40-46)27-21-29(42-43-34(27)39)26-5-2-3-8-31(26)47/h2-8,21-23,25,47H,9-20H2,1H3,(H2,39,43)(H,41,48,49)/t36-,37?,38?/m1/s1. The van der Waals surface area contributed by atoms with E-state index in [4.69, 9.17) is 15.6 Å². The van der Waals surface area contributed by atoms with Crippen molar-refractivity contribution in [2.45, 2.75) is 80.8 Å². The van der Waals surface area contributed by atoms with Crippen LogP contribution in [0, 0.1) is 0 Å². The number of aromatic nitrogens is 4. The molecule has 2 amide bonds. The van der Waals surface area contributed by atoms with Gasteiger partial charge >= 0.3 is 0 Å². The highest BCUT2D eigenvalue weighted by Crippen LogP contribution is 2.70. The molecule has 0 spiro atoms. The van der Waals surface area contributed by atoms with E-state index in [0.29, 0.717) is 43.1 Å². The van der Waals surface area contributed by atoms with Crippen molar-refractivity contribution in [2.75, 3.05) is 36.9 Å². The zero-order valence-corrected chi connectivity index (χ0v) is 28.3. The second-order valence-corrected chi connectivity index (χ2v) is 14.9. The molecule has 4 fully saturated rings. The number of nitrogens with zero attached hydrogens (tertiary/aromatic N) is 6. The molecule has 12 nitrogen and oxygen atoms in total. The number of phenolic OH excluding ortho intramolecular Hbond substituents is 1. The number of phenols is 1. The number of para-hydroxylation sites is 2. The summed E-state index contributed by atoms with van der Waals surface area (Å²) in [6.45, 7) is 5.06. The van der Waals surface area contributed by atoms with Crippen molar-refractivity contribution in [3.05, 3.63) is 66.5 Å². The van der Waals surface area contributed by atoms with Crippen LogP contribution in [0.4, 0.5) is 11.5 Å². The lowest BCUT2D eigenvalue weighted by Gasteiger charge is -2.73. The fourth-order valence-electron chi connectivity index (χ4n) is 9.70. The first-order valence-electron chi connectivity index (χ1n) is 17.8. The Morgan fingerprint density at radius 1 is 0.960 bits per heavy atom. The smallest absolute Gasteiger partial charge is 0.252 e. The third-order valence-corrected chi connectivity index (χ3v) is 12.7. The van der Waals surface area contributed by atoms with Gasteiger partial charge in [0.2, 0.25) is 5.91 Å². The summed E-state index contributed by atoms with van der Waals surface area (Å²) >= 11 is 0. The lowest BCUT2D eigenvalue weighted by Crippen LogP contribution is -2.76. The number of nitrogens with two attached hydrogens (primary N) is 1. The van der Waals surface area contributed by atoms with E-state index >= 15 is 0 Å². The van der Waals surface area contributed by atoms with Gasteiger partial charge in [0.25, 0.3) is 5.91 Å². The number of benzene rings is 2. The SMILES string of the molecule is C[C@@]1(N2CCOc3c2cccc3C23CCC2(N2CCC(n4cc(-c5cc(-c6ccccc6O)nnc5N)cn4)CC2)CC3)CCC(=O)NC1=O. The van der Waals surface area contributed by atoms with Gasteiger partial charge in [0.15, 0.2) is 5.82 Å². The molecular formula is C38H42N8O4. The van der Waals surface area contributed by atoms with Crippen molar-refractivity contribution in [3.63, 3.8) is 0 Å². The van der Waals surface area contributed by atoms with Crippen LogP contribution in [0.2, 0.25) is 0 Å². The highest BCUT2D eigenvalue weighted by molar-refractivity contribution is 6.04. The molecule has 5 heterocycles. The van der Waals surface area contributed by atoms with Gasteiger partial charge in [0.1, 0.15) is 23.6 Å². The number of piperidine rings is 2. The summed E-state index contributed by atoms with van der Waals surface area (Å²) < 4.78 is 8.55. The minimum atomic E-state index is -0.792. The molecule has 9 rings (SSSR count). The van der Waals surface area contributed by atoms with Crippen molar-refractivity contribution in [1.29, 1.82) is 0 Å². The molecule has 12 heteroatoms. The number of hydrogen-bond donors (Lipinski definition) is 3. The second-order valence-electron chi connectivity index (χ2n) is 14.9. The maximum absolute atomic E-state index is 13.2. The summed E-state index contributed by atoms with van der Waals surface area (Å²) in [6.07, 6.45) is 11.3. The molecule has 50 heavy (non-hydrogen) atoms. The highest BCUT2D eigenvalue weighted by Gasteiger charge is 2.69. The van der Waals surface area contributed by atoms with E-state index < -0.39 is 5.54 Å². The molecule has 2 saturated carbocycles. The largest absolute Gasteiger partial charge is 0.507 e. The normalized spacial score (nSPS) is 28.1. The Balaban J connectivity index is 0.931. The second kappa shape index (κ2) is 11.3. The van der Waals surface area contributed by atoms with Crippen LogP contribution in [0.25, 0.3) is 22.4 Å². The van der Waals surface area contributed by atoms with Crippen molar-refractivity contribution in [2.24, 2.45) is 0 Å². The molecule has 4 N–H and O–H groups in total. The van der Waals surface area contributed by atoms with Crippen molar-refractivity contribution < 1.29 is 19.4 Å². The van der Waals surface area contributed by atoms with Crippen LogP contribution in [0.5, 0.6) is 11.5 Å². The number of fused-ring (bicyclic) bond motifs is 2. The maximum atomic E-state index is 13.2. The van der Waals surface area contributed by atoms with E-state index in [1.54, 1.807) is 12.1 Å². The molecule has 2 saturated heterocycles. The van der Waals surface area contributed by atoms with Crippen LogP contribution in [0.3, 0.4) is 0 Å². The van der Waals surface area contributed by atoms with Crippen LogP contribution in [-0.4, -0.2) is 79.1 Å². The molecule has 2 aromatic heterocycles. The van der Waals surface area contributed by atoms with E-state index in [0.717, 1.165) is 61.3 Å². The van der Waals surface area contributed by atoms with E-state index in [2.05, 4.69) is 54.4 Å². The number of aromatic hydroxyl groups is 1. The number of carbonyl (C=O) groups excluding carboxylic acids is 2. The number of hydrogen-bond acceptors (Lipinski definition) is 10. The van der Waals surface area contributed by atoms with Crippen molar-refractivity contribution in [1.82, 2.24) is 30.2 Å². The Morgan fingerprint density at radius 3 is 2.50 bits per heavy atom. The molecule has 0 radical (unpaired) electrons. The molecule has 2 aliphatic carbocycles. The Bertz CT molecular complexity index is 2010. The summed E-state index contributed by atoms with van der Waals surface area (Å²) in [4.78, 5) is 30.1. The predicted octanol–water partition coefficient (Wildman–Crippen LogP) is 4.59. The summed E-state index contributed by atoms with van der Waals surface area (Å²) in [5.41, 5.74) is 10.7. The average molecular weight is 675 g/mol. The maximum Gasteiger partial charge on any atom is 0.252 e. The average Bonchev–Trinajstić information content (AvgIpc) is 3.62. The Hall–Kier alpha value is -4.97. The number of anilines is 2. The fourth-order valence-corrected chi connectivity index (χ4v) is 9.70. The van der Waals surface area contributed by atoms with Gasteiger partial charge in [0, 0.05) is 58.9 Å². The van der Waals surface area contributed by atoms with E-state index in [-0.39, 0.29) is 34.6 Å². The molecule has 258 valence electrons. The van der Waals surface area contributed by atoms with Gasteiger partial charge in [-0.15, -0.1) is 10.2 Å². The minimum absolute atomic E-state index is 0.0372. The number of imide groups is 1. The molecule has 5 aliphatic rings. The van der Waals surface area contributed by atoms with Crippen molar-refractivity contribution >= 4 is 23.3 Å². The summed E-state index contributed by atoms with van der Waals surface area (Å²) in [6, 6.07) is 15.7. The number of ether oxygens (including phenoxy) is 1. The third-order valence-electron chi connectivity index (χ3n) is 12.7. The number of nitrogen functional groups attached to an aromatic ring is 1. The van der Waals surface area contributed by atoms with Gasteiger partial charge < -0.3 is 20.5 Å². The van der Waals surface area contributed by atoms with E-state index in [1.807, 2.05) is 31.3 Å². The van der Waals surface area contributed by atoms with Crippen LogP contribution < -0.4 is 20.7 Å². The topological polar surface area (TPSA) is 152 Å². The molecule has 0 bridgehead atoms. The first-order chi connectivity index (χ1) is 24.2. The lowest BCUT2D eigenvalue weighted by atomic mass is 9.39. The highest BCUT2D eigenvalue weighted by atomic mass is 16.5. The Kier molecular flexibility index (Phi) is 7.00. The van der Waals surface area contributed by atoms with E-state index in [1.165, 1.54) is 18.4 Å². The van der Waals surface area contributed by atoms with Gasteiger partial charge in [-0.2, -0.15) is 5.10 Å². The molecule has 3 aliphatic heterocycles. The number of carbonyl (C=O) groups is 2. The number of likely N-dealkylation sites (tertiary alicyclic amines) is 1. The zero-order chi connectivity index (χ0) is 34.3. The lowest BCUT2D eigenvalue weighted by molar-refractivity contribution is -0.157. The number of amides is 2. The predicted molar refractivity (Wildman–Crippen MR) is 188 cm³/mol. The molecular weight excluding hydrogens is 632 g/mol. The summed E-state index contributed by atoms with van der Waals surface area (Å²) in [5, 5.41) is 26.1. The Labute approximate surface area is 290 Å². The van der Waals surface area contributed by atoms with Crippen molar-refractivity contribution in [3.8, 4) is 33.9 Å².